The third-order valence-electron chi connectivity index (χ3n) is 24.3. The maximum Gasteiger partial charge on any atom is 0.119 e. The molecule has 3 unspecified atom stereocenters. The first kappa shape index (κ1) is 97.9. The van der Waals surface area contributed by atoms with Gasteiger partial charge in [-0.3, -0.25) is 0 Å². The first-order chi connectivity index (χ1) is 56.5. The molecule has 654 valence electrons. The summed E-state index contributed by atoms with van der Waals surface area (Å²) in [4.78, 5) is 0. The fourth-order valence-electron chi connectivity index (χ4n) is 16.7. The van der Waals surface area contributed by atoms with Crippen LogP contribution in [0, 0.1) is 0 Å². The lowest BCUT2D eigenvalue weighted by Gasteiger charge is -2.31. The Bertz CT molecular complexity index is 3570. The molecule has 3 atom stereocenters. The van der Waals surface area contributed by atoms with Gasteiger partial charge in [-0.25, -0.2) is 0 Å². The number of hydrogen-bond acceptors (Lipinski definition) is 15. The van der Waals surface area contributed by atoms with E-state index in [2.05, 4.69) is 84.0 Å². The van der Waals surface area contributed by atoms with Gasteiger partial charge in [0.2, 0.25) is 0 Å². The summed E-state index contributed by atoms with van der Waals surface area (Å²) in [6.07, 6.45) is 45.2. The first-order valence-corrected chi connectivity index (χ1v) is 46.3. The molecule has 6 aromatic rings. The Labute approximate surface area is 706 Å². The quantitative estimate of drug-likeness (QED) is 0.0166. The third-order valence-corrected chi connectivity index (χ3v) is 24.3. The summed E-state index contributed by atoms with van der Waals surface area (Å²) in [5, 5.41) is 92.5. The van der Waals surface area contributed by atoms with Crippen LogP contribution < -0.4 is 28.4 Å². The maximum absolute atomic E-state index is 10.6. The van der Waals surface area contributed by atoms with Crippen LogP contribution >= 0.6 is 0 Å². The predicted molar refractivity (Wildman–Crippen MR) is 475 cm³/mol. The van der Waals surface area contributed by atoms with Crippen LogP contribution in [0.3, 0.4) is 0 Å². The molecule has 0 bridgehead atoms. The van der Waals surface area contributed by atoms with Gasteiger partial charge in [0.1, 0.15) is 74.1 Å². The molecule has 117 heavy (non-hydrogen) atoms. The highest BCUT2D eigenvalue weighted by atomic mass is 16.5. The summed E-state index contributed by atoms with van der Waals surface area (Å²) in [7, 11) is 0. The second kappa shape index (κ2) is 53.5. The van der Waals surface area contributed by atoms with Gasteiger partial charge in [-0.1, -0.05) is 268 Å². The van der Waals surface area contributed by atoms with Crippen LogP contribution in [0.5, 0.6) is 34.5 Å². The van der Waals surface area contributed by atoms with Gasteiger partial charge in [-0.15, -0.1) is 0 Å². The van der Waals surface area contributed by atoms with Gasteiger partial charge in [0.25, 0.3) is 0 Å². The zero-order valence-electron chi connectivity index (χ0n) is 73.1. The van der Waals surface area contributed by atoms with Gasteiger partial charge >= 0.3 is 0 Å². The number of hydrogen-bond donors (Lipinski definition) is 9. The van der Waals surface area contributed by atoms with Crippen LogP contribution in [-0.4, -0.2) is 119 Å². The number of rotatable bonds is 36. The van der Waals surface area contributed by atoms with Crippen LogP contribution in [0.4, 0.5) is 0 Å². The Morgan fingerprint density at radius 3 is 0.615 bits per heavy atom. The van der Waals surface area contributed by atoms with E-state index >= 15 is 0 Å². The summed E-state index contributed by atoms with van der Waals surface area (Å²) in [5.74, 6) is 4.89. The van der Waals surface area contributed by atoms with Gasteiger partial charge in [-0.2, -0.15) is 0 Å². The van der Waals surface area contributed by atoms with E-state index in [4.69, 9.17) is 28.4 Å². The lowest BCUT2D eigenvalue weighted by atomic mass is 9.85. The summed E-state index contributed by atoms with van der Waals surface area (Å²) < 4.78 is 34.7. The largest absolute Gasteiger partial charge is 0.491 e. The summed E-state index contributed by atoms with van der Waals surface area (Å²) >= 11 is 0. The van der Waals surface area contributed by atoms with E-state index in [0.29, 0.717) is 39.6 Å². The summed E-state index contributed by atoms with van der Waals surface area (Å²) in [6, 6.07) is 47.6. The number of unbranched alkanes of at least 4 members (excludes halogenated alkanes) is 3. The molecule has 0 heterocycles. The first-order valence-electron chi connectivity index (χ1n) is 46.3. The van der Waals surface area contributed by atoms with Crippen molar-refractivity contribution in [2.24, 2.45) is 0 Å². The maximum atomic E-state index is 10.6. The van der Waals surface area contributed by atoms with Crippen LogP contribution in [-0.2, 0) is 19.3 Å². The monoisotopic (exact) mass is 1620 g/mol. The highest BCUT2D eigenvalue weighted by Crippen LogP contribution is 2.37. The lowest BCUT2D eigenvalue weighted by Crippen LogP contribution is -2.37. The molecule has 9 N–H and O–H groups in total. The van der Waals surface area contributed by atoms with Crippen molar-refractivity contribution >= 4 is 0 Å². The van der Waals surface area contributed by atoms with Crippen molar-refractivity contribution in [3.63, 3.8) is 0 Å². The predicted octanol–water partition coefficient (Wildman–Crippen LogP) is 23.1. The van der Waals surface area contributed by atoms with Gasteiger partial charge in [-0.05, 0) is 241 Å². The van der Waals surface area contributed by atoms with Crippen LogP contribution in [0.2, 0.25) is 0 Å². The van der Waals surface area contributed by atoms with E-state index in [0.717, 1.165) is 263 Å². The topological polar surface area (TPSA) is 237 Å². The van der Waals surface area contributed by atoms with E-state index in [1.54, 1.807) is 0 Å². The molecule has 0 spiro atoms. The van der Waals surface area contributed by atoms with Crippen molar-refractivity contribution in [3.8, 4) is 34.5 Å². The summed E-state index contributed by atoms with van der Waals surface area (Å²) in [6.45, 7) is 15.1. The molecule has 15 heteroatoms. The van der Waals surface area contributed by atoms with E-state index in [9.17, 15) is 46.0 Å². The molecule has 0 aromatic heterocycles. The average Bonchev–Trinajstić information content (AvgIpc) is 1.08. The fraction of sp³-hybridized carbons (Fsp3) is 0.647. The average molecular weight is 1620 g/mol. The van der Waals surface area contributed by atoms with E-state index < -0.39 is 51.9 Å². The standard InChI is InChI=1S/C18H28O3.C18H28O2.C17H26O3.C17H26O2.C16H24O3.C16H24O2/c1-2-8-17(19)15-9-7-10-16(13-15)21-14-18(20)11-5-3-4-6-12-18;1-2-3-9-16-10-8-11-17(14-16)20-15-18(19)12-6-4-5-7-13-18;1-2-7-16(18)14-8-6-9-15(12-14)20-13-17(19)10-4-3-5-11-17;1-2-3-8-15-9-7-10-16(13-15)19-14-17(18)11-5-4-6-12-17;1-2-6-15(17)13-7-5-8-14(11-13)19-12-16(18)9-3-4-10-16;1-2-3-7-14-8-6-9-15(12-14)18-13-16(17)10-4-5-11-16/h7,9-10,13,17,19-20H,2-6,8,11-12,14H2,1H3;8,10-11,14,19H,2-7,9,12-13,15H2,1H3;6,8-9,12,16,18-19H,2-5,7,10-11,13H2,1H3;7,9-10,13,18H,2-6,8,11-12,14H2,1H3;5,7-8,11,15,17-18H,2-4,6,9-10,12H2,1H3;6,8-9,12,17H,2-5,7,10-11,13H2,1H3. The normalized spacial score (nSPS) is 18.9. The van der Waals surface area contributed by atoms with Crippen molar-refractivity contribution in [1.29, 1.82) is 0 Å². The SMILES string of the molecule is CCCC(O)c1cccc(OCC2(O)CCCC2)c1.CCCC(O)c1cccc(OCC2(O)CCCCC2)c1.CCCC(O)c1cccc(OCC2(O)CCCCCC2)c1.CCCCc1cccc(OCC2(O)CCCC2)c1.CCCCc1cccc(OCC2(O)CCCCC2)c1.CCCCc1cccc(OCC2(O)CCCCCC2)c1. The summed E-state index contributed by atoms with van der Waals surface area (Å²) in [5.41, 5.74) is 2.84. The van der Waals surface area contributed by atoms with Crippen molar-refractivity contribution in [1.82, 2.24) is 0 Å². The number of benzene rings is 6. The molecule has 6 aromatic carbocycles. The third kappa shape index (κ3) is 38.2. The second-order valence-electron chi connectivity index (χ2n) is 35.3. The zero-order chi connectivity index (χ0) is 83.9. The molecule has 0 saturated heterocycles. The molecule has 0 radical (unpaired) electrons. The van der Waals surface area contributed by atoms with Gasteiger partial charge < -0.3 is 74.4 Å². The zero-order valence-corrected chi connectivity index (χ0v) is 73.1. The molecular weight excluding hydrogens is 1470 g/mol. The van der Waals surface area contributed by atoms with E-state index in [1.807, 2.05) is 103 Å². The van der Waals surface area contributed by atoms with Crippen molar-refractivity contribution in [2.45, 2.75) is 382 Å². The molecule has 6 aliphatic carbocycles. The van der Waals surface area contributed by atoms with Crippen molar-refractivity contribution in [2.75, 3.05) is 39.6 Å². The number of aliphatic hydroxyl groups excluding tert-OH is 3. The molecule has 6 aliphatic rings. The molecule has 6 saturated carbocycles. The molecule has 0 amide bonds. The minimum absolute atomic E-state index is 0.348. The highest BCUT2D eigenvalue weighted by Gasteiger charge is 2.36. The van der Waals surface area contributed by atoms with Gasteiger partial charge in [0, 0.05) is 0 Å². The smallest absolute Gasteiger partial charge is 0.119 e. The van der Waals surface area contributed by atoms with E-state index in [1.165, 1.54) is 93.7 Å². The van der Waals surface area contributed by atoms with Crippen LogP contribution in [0.1, 0.15) is 363 Å². The minimum atomic E-state index is -0.686. The van der Waals surface area contributed by atoms with Crippen LogP contribution in [0.15, 0.2) is 146 Å². The molecule has 12 rings (SSSR count). The fourth-order valence-corrected chi connectivity index (χ4v) is 16.7. The molecular formula is C102H156O15. The van der Waals surface area contributed by atoms with E-state index in [-0.39, 0.29) is 0 Å². The Kier molecular flexibility index (Phi) is 44.8. The number of ether oxygens (including phenoxy) is 6. The number of aryl methyl sites for hydroxylation is 3. The van der Waals surface area contributed by atoms with Crippen LogP contribution in [0.25, 0.3) is 0 Å². The molecule has 0 aliphatic heterocycles. The Hall–Kier alpha value is -6.24. The molecule has 6 fully saturated rings. The Morgan fingerprint density at radius 1 is 0.239 bits per heavy atom. The minimum Gasteiger partial charge on any atom is -0.491 e. The van der Waals surface area contributed by atoms with Gasteiger partial charge in [0.15, 0.2) is 0 Å². The van der Waals surface area contributed by atoms with Crippen molar-refractivity contribution in [3.05, 3.63) is 179 Å². The molecule has 15 nitrogen and oxygen atoms in total. The number of aliphatic hydroxyl groups is 9. The van der Waals surface area contributed by atoms with Crippen molar-refractivity contribution < 1.29 is 74.4 Å². The highest BCUT2D eigenvalue weighted by molar-refractivity contribution is 5.34. The lowest BCUT2D eigenvalue weighted by molar-refractivity contribution is -0.0341. The Morgan fingerprint density at radius 2 is 0.419 bits per heavy atom. The Balaban J connectivity index is 0.000000194. The second-order valence-corrected chi connectivity index (χ2v) is 35.3. The van der Waals surface area contributed by atoms with Gasteiger partial charge in [0.05, 0.1) is 51.9 Å².